The van der Waals surface area contributed by atoms with Gasteiger partial charge in [0.2, 0.25) is 16.0 Å². The van der Waals surface area contributed by atoms with Gasteiger partial charge in [0.05, 0.1) is 10.6 Å². The Morgan fingerprint density at radius 2 is 1.83 bits per heavy atom. The van der Waals surface area contributed by atoms with Gasteiger partial charge in [-0.05, 0) is 36.2 Å². The summed E-state index contributed by atoms with van der Waals surface area (Å²) in [5.74, 6) is 0.816. The Morgan fingerprint density at radius 3 is 2.59 bits per heavy atom. The number of nitrogens with zero attached hydrogens (tertiary/aromatic N) is 2. The molecule has 4 rings (SSSR count). The maximum absolute atomic E-state index is 11.3. The molecule has 0 aliphatic heterocycles. The molecule has 0 unspecified atom stereocenters. The number of fused-ring (bicyclic) bond motifs is 1. The minimum Gasteiger partial charge on any atom is -0.370 e. The number of anilines is 2. The molecule has 6 N–H and O–H groups in total. The van der Waals surface area contributed by atoms with Crippen molar-refractivity contribution in [2.45, 2.75) is 11.3 Å². The first kappa shape index (κ1) is 18.9. The SMILES string of the molecule is Nc1nc(NCCc2ccc(S(N)(=O)=O)cc2)cc(-c2cccc3[nH]ccc23)n1. The maximum Gasteiger partial charge on any atom is 0.238 e. The van der Waals surface area contributed by atoms with Gasteiger partial charge in [0.25, 0.3) is 0 Å². The van der Waals surface area contributed by atoms with Crippen molar-refractivity contribution in [3.05, 3.63) is 66.4 Å². The van der Waals surface area contributed by atoms with E-state index in [9.17, 15) is 8.42 Å². The van der Waals surface area contributed by atoms with Gasteiger partial charge in [-0.3, -0.25) is 0 Å². The molecule has 0 spiro atoms. The third kappa shape index (κ3) is 4.20. The summed E-state index contributed by atoms with van der Waals surface area (Å²) in [5, 5.41) is 9.43. The smallest absolute Gasteiger partial charge is 0.238 e. The molecule has 0 amide bonds. The van der Waals surface area contributed by atoms with Crippen molar-refractivity contribution in [2.24, 2.45) is 5.14 Å². The van der Waals surface area contributed by atoms with E-state index in [2.05, 4.69) is 20.3 Å². The number of benzene rings is 2. The zero-order valence-corrected chi connectivity index (χ0v) is 16.3. The fourth-order valence-corrected chi connectivity index (χ4v) is 3.70. The molecule has 2 heterocycles. The Bertz CT molecular complexity index is 1270. The fraction of sp³-hybridized carbons (Fsp3) is 0.100. The van der Waals surface area contributed by atoms with Gasteiger partial charge in [-0.2, -0.15) is 4.98 Å². The molecule has 0 aliphatic rings. The predicted molar refractivity (Wildman–Crippen MR) is 114 cm³/mol. The molecule has 0 aliphatic carbocycles. The van der Waals surface area contributed by atoms with E-state index < -0.39 is 10.0 Å². The van der Waals surface area contributed by atoms with Crippen molar-refractivity contribution < 1.29 is 8.42 Å². The minimum absolute atomic E-state index is 0.0985. The molecule has 8 nitrogen and oxygen atoms in total. The van der Waals surface area contributed by atoms with Gasteiger partial charge >= 0.3 is 0 Å². The van der Waals surface area contributed by atoms with Gasteiger partial charge in [-0.25, -0.2) is 18.5 Å². The van der Waals surface area contributed by atoms with E-state index >= 15 is 0 Å². The standard InChI is InChI=1S/C20H20N6O2S/c21-20-25-18(15-2-1-3-17-16(15)9-11-23-17)12-19(26-20)24-10-8-13-4-6-14(7-5-13)29(22,27)28/h1-7,9,11-12,23H,8,10H2,(H2,22,27,28)(H3,21,24,25,26). The van der Waals surface area contributed by atoms with Crippen molar-refractivity contribution in [1.82, 2.24) is 15.0 Å². The Morgan fingerprint density at radius 1 is 1.03 bits per heavy atom. The van der Waals surface area contributed by atoms with Gasteiger partial charge in [0.15, 0.2) is 0 Å². The van der Waals surface area contributed by atoms with Gasteiger partial charge < -0.3 is 16.0 Å². The predicted octanol–water partition coefficient (Wildman–Crippen LogP) is 2.51. The largest absolute Gasteiger partial charge is 0.370 e. The van der Waals surface area contributed by atoms with Gasteiger partial charge in [-0.15, -0.1) is 0 Å². The van der Waals surface area contributed by atoms with Crippen molar-refractivity contribution in [3.63, 3.8) is 0 Å². The Balaban J connectivity index is 1.49. The molecule has 0 saturated heterocycles. The van der Waals surface area contributed by atoms with E-state index in [1.807, 2.05) is 36.5 Å². The van der Waals surface area contributed by atoms with Crippen LogP contribution in [0.15, 0.2) is 65.7 Å². The summed E-state index contributed by atoms with van der Waals surface area (Å²) in [6.07, 6.45) is 2.57. The highest BCUT2D eigenvalue weighted by atomic mass is 32.2. The Labute approximate surface area is 168 Å². The van der Waals surface area contributed by atoms with E-state index in [1.165, 1.54) is 12.1 Å². The molecule has 2 aromatic carbocycles. The molecule has 0 bridgehead atoms. The second-order valence-electron chi connectivity index (χ2n) is 6.61. The number of H-pyrrole nitrogens is 1. The van der Waals surface area contributed by atoms with Gasteiger partial charge in [-0.1, -0.05) is 24.3 Å². The van der Waals surface area contributed by atoms with Crippen molar-refractivity contribution >= 4 is 32.7 Å². The number of hydrogen-bond acceptors (Lipinski definition) is 6. The second-order valence-corrected chi connectivity index (χ2v) is 8.17. The molecule has 0 saturated carbocycles. The summed E-state index contributed by atoms with van der Waals surface area (Å²) in [7, 11) is -3.68. The third-order valence-corrected chi connectivity index (χ3v) is 5.52. The molecule has 0 radical (unpaired) electrons. The average Bonchev–Trinajstić information content (AvgIpc) is 3.16. The van der Waals surface area contributed by atoms with Crippen LogP contribution in [-0.4, -0.2) is 29.9 Å². The van der Waals surface area contributed by atoms with Crippen LogP contribution in [0.25, 0.3) is 22.2 Å². The summed E-state index contributed by atoms with van der Waals surface area (Å²) in [6.45, 7) is 0.596. The lowest BCUT2D eigenvalue weighted by molar-refractivity contribution is 0.598. The molecule has 148 valence electrons. The molecular formula is C20H20N6O2S. The van der Waals surface area contributed by atoms with E-state index in [1.54, 1.807) is 12.1 Å². The third-order valence-electron chi connectivity index (χ3n) is 4.59. The number of aromatic nitrogens is 3. The highest BCUT2D eigenvalue weighted by Gasteiger charge is 2.10. The Hall–Kier alpha value is -3.43. The van der Waals surface area contributed by atoms with Crippen molar-refractivity contribution in [2.75, 3.05) is 17.6 Å². The summed E-state index contributed by atoms with van der Waals surface area (Å²) in [5.41, 5.74) is 9.63. The van der Waals surface area contributed by atoms with Crippen molar-refractivity contribution in [3.8, 4) is 11.3 Å². The molecule has 29 heavy (non-hydrogen) atoms. The number of hydrogen-bond donors (Lipinski definition) is 4. The molecule has 0 fully saturated rings. The van der Waals surface area contributed by atoms with Gasteiger partial charge in [0, 0.05) is 35.3 Å². The number of nitrogens with two attached hydrogens (primary N) is 2. The van der Waals surface area contributed by atoms with Crippen LogP contribution in [0.5, 0.6) is 0 Å². The van der Waals surface area contributed by atoms with Crippen LogP contribution in [0.2, 0.25) is 0 Å². The number of sulfonamides is 1. The van der Waals surface area contributed by atoms with E-state index in [0.717, 1.165) is 27.7 Å². The summed E-state index contributed by atoms with van der Waals surface area (Å²) in [6, 6.07) is 16.3. The van der Waals surface area contributed by atoms with Crippen molar-refractivity contribution in [1.29, 1.82) is 0 Å². The number of nitrogens with one attached hydrogen (secondary N) is 2. The molecule has 4 aromatic rings. The second kappa shape index (κ2) is 7.53. The van der Waals surface area contributed by atoms with E-state index in [-0.39, 0.29) is 10.8 Å². The van der Waals surface area contributed by atoms with Crippen LogP contribution < -0.4 is 16.2 Å². The van der Waals surface area contributed by atoms with Gasteiger partial charge in [0.1, 0.15) is 5.82 Å². The number of nitrogen functional groups attached to an aromatic ring is 1. The lowest BCUT2D eigenvalue weighted by Gasteiger charge is -2.10. The molecule has 2 aromatic heterocycles. The van der Waals surface area contributed by atoms with Crippen LogP contribution in [0.1, 0.15) is 5.56 Å². The number of aromatic amines is 1. The van der Waals surface area contributed by atoms with Crippen LogP contribution in [0.4, 0.5) is 11.8 Å². The number of rotatable bonds is 6. The van der Waals surface area contributed by atoms with E-state index in [0.29, 0.717) is 18.8 Å². The van der Waals surface area contributed by atoms with E-state index in [4.69, 9.17) is 10.9 Å². The molecule has 0 atom stereocenters. The lowest BCUT2D eigenvalue weighted by atomic mass is 10.1. The zero-order valence-electron chi connectivity index (χ0n) is 15.5. The highest BCUT2D eigenvalue weighted by molar-refractivity contribution is 7.89. The first-order valence-electron chi connectivity index (χ1n) is 8.97. The van der Waals surface area contributed by atoms with Crippen LogP contribution in [-0.2, 0) is 16.4 Å². The van der Waals surface area contributed by atoms with Crippen LogP contribution in [0.3, 0.4) is 0 Å². The minimum atomic E-state index is -3.68. The molecular weight excluding hydrogens is 388 g/mol. The topological polar surface area (TPSA) is 140 Å². The average molecular weight is 408 g/mol. The fourth-order valence-electron chi connectivity index (χ4n) is 3.18. The maximum atomic E-state index is 11.3. The first-order chi connectivity index (χ1) is 13.9. The Kier molecular flexibility index (Phi) is 4.91. The van der Waals surface area contributed by atoms with Crippen LogP contribution >= 0.6 is 0 Å². The normalized spacial score (nSPS) is 11.6. The molecule has 9 heteroatoms. The summed E-state index contributed by atoms with van der Waals surface area (Å²) < 4.78 is 22.7. The summed E-state index contributed by atoms with van der Waals surface area (Å²) in [4.78, 5) is 11.9. The first-order valence-corrected chi connectivity index (χ1v) is 10.5. The highest BCUT2D eigenvalue weighted by Crippen LogP contribution is 2.28. The zero-order chi connectivity index (χ0) is 20.4. The number of primary sulfonamides is 1. The lowest BCUT2D eigenvalue weighted by Crippen LogP contribution is -2.12. The quantitative estimate of drug-likeness (QED) is 0.386. The summed E-state index contributed by atoms with van der Waals surface area (Å²) >= 11 is 0. The van der Waals surface area contributed by atoms with Crippen LogP contribution in [0, 0.1) is 0 Å². The monoisotopic (exact) mass is 408 g/mol.